The fourth-order valence-corrected chi connectivity index (χ4v) is 0.780. The maximum absolute atomic E-state index is 4.72. The third-order valence-corrected chi connectivity index (χ3v) is 1.26. The molecule has 47 valence electrons. The van der Waals surface area contributed by atoms with Crippen LogP contribution >= 0.6 is 11.3 Å². The number of hydrogen-bond acceptors (Lipinski definition) is 4. The van der Waals surface area contributed by atoms with Crippen LogP contribution in [0.15, 0.2) is 16.7 Å². The minimum absolute atomic E-state index is 0.546. The van der Waals surface area contributed by atoms with Crippen LogP contribution in [-0.2, 0) is 0 Å². The topological polar surface area (TPSA) is 34.5 Å². The molecule has 0 saturated heterocycles. The van der Waals surface area contributed by atoms with E-state index in [1.54, 1.807) is 13.1 Å². The van der Waals surface area contributed by atoms with E-state index in [4.69, 9.17) is 4.84 Å². The van der Waals surface area contributed by atoms with E-state index in [1.165, 1.54) is 11.3 Å². The van der Waals surface area contributed by atoms with Crippen molar-refractivity contribution in [3.05, 3.63) is 11.6 Å². The molecule has 0 spiro atoms. The van der Waals surface area contributed by atoms with E-state index in [1.807, 2.05) is 5.38 Å². The zero-order chi connectivity index (χ0) is 6.53. The van der Waals surface area contributed by atoms with Crippen LogP contribution in [0.25, 0.3) is 0 Å². The van der Waals surface area contributed by atoms with Gasteiger partial charge in [-0.05, 0) is 6.92 Å². The Balaban J connectivity index is 2.48. The Kier molecular flexibility index (Phi) is 2.21. The van der Waals surface area contributed by atoms with Crippen molar-refractivity contribution >= 4 is 17.6 Å². The molecule has 0 aliphatic heterocycles. The lowest BCUT2D eigenvalue weighted by Gasteiger charge is -1.85. The summed E-state index contributed by atoms with van der Waals surface area (Å²) < 4.78 is 0. The quantitative estimate of drug-likeness (QED) is 0.461. The van der Waals surface area contributed by atoms with Crippen molar-refractivity contribution in [2.45, 2.75) is 6.92 Å². The Bertz CT molecular complexity index is 183. The fraction of sp³-hybridized carbons (Fsp3) is 0.200. The molecule has 1 rings (SSSR count). The van der Waals surface area contributed by atoms with Gasteiger partial charge in [0, 0.05) is 11.6 Å². The maximum Gasteiger partial charge on any atom is 0.305 e. The molecule has 0 aliphatic rings. The zero-order valence-corrected chi connectivity index (χ0v) is 5.68. The van der Waals surface area contributed by atoms with Gasteiger partial charge in [-0.15, -0.1) is 0 Å². The Morgan fingerprint density at radius 2 is 2.78 bits per heavy atom. The minimum Gasteiger partial charge on any atom is -0.325 e. The van der Waals surface area contributed by atoms with Gasteiger partial charge in [-0.25, -0.2) is 4.98 Å². The Hall–Kier alpha value is -0.900. The van der Waals surface area contributed by atoms with Crippen LogP contribution in [0.4, 0.5) is 0 Å². The van der Waals surface area contributed by atoms with Crippen LogP contribution in [0.2, 0.25) is 0 Å². The van der Waals surface area contributed by atoms with Crippen molar-refractivity contribution in [3.63, 3.8) is 0 Å². The molecule has 0 aromatic carbocycles. The number of hydrogen-bond donors (Lipinski definition) is 0. The van der Waals surface area contributed by atoms with E-state index in [9.17, 15) is 0 Å². The highest BCUT2D eigenvalue weighted by Gasteiger charge is 1.90. The molecule has 0 N–H and O–H groups in total. The molecule has 0 amide bonds. The van der Waals surface area contributed by atoms with Crippen LogP contribution in [0.1, 0.15) is 6.92 Å². The summed E-state index contributed by atoms with van der Waals surface area (Å²) in [4.78, 5) is 8.53. The minimum atomic E-state index is 0.546. The standard InChI is InChI=1S/C5H5N2OS/c1-2-7-8-5-6-3-4-9-5/h3-4H,1H3. The van der Waals surface area contributed by atoms with Crippen LogP contribution in [0.5, 0.6) is 5.19 Å². The van der Waals surface area contributed by atoms with Crippen LogP contribution < -0.4 is 4.84 Å². The molecule has 4 heteroatoms. The summed E-state index contributed by atoms with van der Waals surface area (Å²) in [7, 11) is 0. The summed E-state index contributed by atoms with van der Waals surface area (Å²) in [6.45, 7) is 1.66. The summed E-state index contributed by atoms with van der Waals surface area (Å²) >= 11 is 1.40. The van der Waals surface area contributed by atoms with Gasteiger partial charge in [-0.1, -0.05) is 16.5 Å². The lowest BCUT2D eigenvalue weighted by molar-refractivity contribution is 0.341. The average Bonchev–Trinajstić information content (AvgIpc) is 2.34. The average molecular weight is 141 g/mol. The molecule has 1 heterocycles. The van der Waals surface area contributed by atoms with E-state index in [0.717, 1.165) is 0 Å². The van der Waals surface area contributed by atoms with Gasteiger partial charge in [0.05, 0.1) is 0 Å². The van der Waals surface area contributed by atoms with Crippen molar-refractivity contribution in [2.75, 3.05) is 0 Å². The van der Waals surface area contributed by atoms with Crippen LogP contribution in [-0.4, -0.2) is 11.2 Å². The van der Waals surface area contributed by atoms with E-state index in [0.29, 0.717) is 5.19 Å². The summed E-state index contributed by atoms with van der Waals surface area (Å²) in [6, 6.07) is 0. The van der Waals surface area contributed by atoms with Gasteiger partial charge in [-0.2, -0.15) is 0 Å². The highest BCUT2D eigenvalue weighted by Crippen LogP contribution is 2.12. The lowest BCUT2D eigenvalue weighted by atomic mass is 10.9. The molecule has 0 unspecified atom stereocenters. The summed E-state index contributed by atoms with van der Waals surface area (Å²) in [6.07, 6.45) is 4.13. The predicted octanol–water partition coefficient (Wildman–Crippen LogP) is 1.40. The molecule has 3 nitrogen and oxygen atoms in total. The van der Waals surface area contributed by atoms with Gasteiger partial charge in [-0.3, -0.25) is 0 Å². The molecule has 1 aromatic heterocycles. The lowest BCUT2D eigenvalue weighted by Crippen LogP contribution is -1.79. The van der Waals surface area contributed by atoms with Gasteiger partial charge in [0.25, 0.3) is 0 Å². The van der Waals surface area contributed by atoms with Crippen molar-refractivity contribution in [1.29, 1.82) is 0 Å². The molecule has 0 bridgehead atoms. The van der Waals surface area contributed by atoms with Gasteiger partial charge < -0.3 is 4.84 Å². The Morgan fingerprint density at radius 3 is 3.33 bits per heavy atom. The highest BCUT2D eigenvalue weighted by molar-refractivity contribution is 7.11. The van der Waals surface area contributed by atoms with Crippen molar-refractivity contribution in [3.8, 4) is 5.19 Å². The smallest absolute Gasteiger partial charge is 0.305 e. The second-order valence-corrected chi connectivity index (χ2v) is 2.06. The summed E-state index contributed by atoms with van der Waals surface area (Å²) in [5.74, 6) is 0. The van der Waals surface area contributed by atoms with E-state index >= 15 is 0 Å². The van der Waals surface area contributed by atoms with Crippen molar-refractivity contribution in [1.82, 2.24) is 4.98 Å². The first-order valence-electron chi connectivity index (χ1n) is 2.37. The molecule has 0 aliphatic carbocycles. The van der Waals surface area contributed by atoms with Gasteiger partial charge in [0.2, 0.25) is 0 Å². The molecular formula is C5H5N2OS. The first-order chi connectivity index (χ1) is 4.43. The molecule has 0 atom stereocenters. The van der Waals surface area contributed by atoms with Crippen LogP contribution in [0.3, 0.4) is 0 Å². The van der Waals surface area contributed by atoms with E-state index < -0.39 is 0 Å². The van der Waals surface area contributed by atoms with Crippen LogP contribution in [0, 0.1) is 0 Å². The first-order valence-corrected chi connectivity index (χ1v) is 3.24. The van der Waals surface area contributed by atoms with Gasteiger partial charge in [0.1, 0.15) is 6.21 Å². The molecule has 9 heavy (non-hydrogen) atoms. The summed E-state index contributed by atoms with van der Waals surface area (Å²) in [5.41, 5.74) is 0. The maximum atomic E-state index is 4.72. The van der Waals surface area contributed by atoms with Gasteiger partial charge in [0.15, 0.2) is 0 Å². The number of aromatic nitrogens is 1. The number of rotatable bonds is 2. The SMILES string of the molecule is C[C]=NOc1nccs1. The second-order valence-electron chi connectivity index (χ2n) is 1.20. The number of nitrogens with zero attached hydrogens (tertiary/aromatic N) is 2. The predicted molar refractivity (Wildman–Crippen MR) is 35.9 cm³/mol. The first kappa shape index (κ1) is 6.22. The third-order valence-electron chi connectivity index (χ3n) is 0.625. The van der Waals surface area contributed by atoms with E-state index in [-0.39, 0.29) is 0 Å². The highest BCUT2D eigenvalue weighted by atomic mass is 32.1. The second kappa shape index (κ2) is 3.19. The molecule has 1 radical (unpaired) electrons. The largest absolute Gasteiger partial charge is 0.325 e. The Morgan fingerprint density at radius 1 is 1.89 bits per heavy atom. The summed E-state index contributed by atoms with van der Waals surface area (Å²) in [5, 5.41) is 5.78. The van der Waals surface area contributed by atoms with Crippen molar-refractivity contribution < 1.29 is 4.84 Å². The normalized spacial score (nSPS) is 10.3. The third kappa shape index (κ3) is 1.81. The molecule has 0 saturated carbocycles. The fourth-order valence-electron chi connectivity index (χ4n) is 0.340. The Labute approximate surface area is 57.0 Å². The molecule has 1 aromatic rings. The zero-order valence-electron chi connectivity index (χ0n) is 4.87. The molecular weight excluding hydrogens is 136 g/mol. The van der Waals surface area contributed by atoms with Crippen molar-refractivity contribution in [2.24, 2.45) is 5.16 Å². The number of thiazole rings is 1. The van der Waals surface area contributed by atoms with Gasteiger partial charge >= 0.3 is 5.19 Å². The molecule has 0 fully saturated rings. The monoisotopic (exact) mass is 141 g/mol. The van der Waals surface area contributed by atoms with E-state index in [2.05, 4.69) is 16.4 Å².